The summed E-state index contributed by atoms with van der Waals surface area (Å²) < 4.78 is 39.3. The Morgan fingerprint density at radius 1 is 1.32 bits per heavy atom. The molecule has 1 aromatic carbocycles. The molecule has 0 spiro atoms. The highest BCUT2D eigenvalue weighted by Gasteiger charge is 2.34. The average Bonchev–Trinajstić information content (AvgIpc) is 3.09. The fraction of sp³-hybridized carbons (Fsp3) is 0.556. The van der Waals surface area contributed by atoms with Crippen molar-refractivity contribution in [3.63, 3.8) is 0 Å². The molecule has 1 fully saturated rings. The first-order valence-electron chi connectivity index (χ1n) is 9.16. The maximum Gasteiger partial charge on any atom is 0.279 e. The molecule has 9 nitrogen and oxygen atoms in total. The lowest BCUT2D eigenvalue weighted by Crippen LogP contribution is -2.53. The smallest absolute Gasteiger partial charge is 0.279 e. The van der Waals surface area contributed by atoms with Crippen molar-refractivity contribution >= 4 is 10.2 Å². The van der Waals surface area contributed by atoms with E-state index in [1.807, 2.05) is 30.3 Å². The molecule has 0 amide bonds. The standard InChI is InChI=1S/C18H27N5O4S/c1-22(2)28(24,25)21-16-11-23(12-18-19-17(13-26-3)20-27-18)10-9-15(16)14-7-5-4-6-8-14/h4-8,15-16,21H,9-13H2,1-3H3/t15-,16+/m0/s1. The van der Waals surface area contributed by atoms with Gasteiger partial charge in [0.25, 0.3) is 10.2 Å². The molecule has 1 aliphatic heterocycles. The molecular formula is C18H27N5O4S. The van der Waals surface area contributed by atoms with E-state index in [9.17, 15) is 8.42 Å². The van der Waals surface area contributed by atoms with Gasteiger partial charge in [-0.25, -0.2) is 0 Å². The third-order valence-electron chi connectivity index (χ3n) is 4.85. The van der Waals surface area contributed by atoms with Gasteiger partial charge in [-0.2, -0.15) is 22.4 Å². The second-order valence-electron chi connectivity index (χ2n) is 7.09. The number of piperidine rings is 1. The van der Waals surface area contributed by atoms with Gasteiger partial charge >= 0.3 is 0 Å². The molecule has 1 N–H and O–H groups in total. The zero-order valence-corrected chi connectivity index (χ0v) is 17.2. The van der Waals surface area contributed by atoms with Crippen molar-refractivity contribution in [1.82, 2.24) is 24.1 Å². The fourth-order valence-corrected chi connectivity index (χ4v) is 4.24. The molecule has 10 heteroatoms. The van der Waals surface area contributed by atoms with Crippen LogP contribution in [0.3, 0.4) is 0 Å². The number of aromatic nitrogens is 2. The van der Waals surface area contributed by atoms with E-state index in [1.165, 1.54) is 18.4 Å². The highest BCUT2D eigenvalue weighted by Crippen LogP contribution is 2.29. The zero-order valence-electron chi connectivity index (χ0n) is 16.4. The first kappa shape index (κ1) is 20.9. The molecule has 154 valence electrons. The summed E-state index contributed by atoms with van der Waals surface area (Å²) in [6, 6.07) is 9.76. The van der Waals surface area contributed by atoms with Crippen LogP contribution >= 0.6 is 0 Å². The lowest BCUT2D eigenvalue weighted by molar-refractivity contribution is 0.156. The predicted octanol–water partition coefficient (Wildman–Crippen LogP) is 0.970. The van der Waals surface area contributed by atoms with Crippen LogP contribution in [0.15, 0.2) is 34.9 Å². The van der Waals surface area contributed by atoms with Crippen LogP contribution in [0.1, 0.15) is 29.6 Å². The number of nitrogens with zero attached hydrogens (tertiary/aromatic N) is 4. The first-order valence-corrected chi connectivity index (χ1v) is 10.6. The van der Waals surface area contributed by atoms with Gasteiger partial charge in [0.15, 0.2) is 5.82 Å². The SMILES string of the molecule is COCc1noc(CN2CC[C@@H](c3ccccc3)[C@H](NS(=O)(=O)N(C)C)C2)n1. The Kier molecular flexibility index (Phi) is 6.78. The van der Waals surface area contributed by atoms with Crippen LogP contribution in [-0.2, 0) is 28.1 Å². The van der Waals surface area contributed by atoms with Crippen LogP contribution in [-0.4, -0.2) is 68.1 Å². The van der Waals surface area contributed by atoms with E-state index in [2.05, 4.69) is 19.8 Å². The molecule has 0 bridgehead atoms. The number of hydrogen-bond acceptors (Lipinski definition) is 7. The number of likely N-dealkylation sites (tertiary alicyclic amines) is 1. The summed E-state index contributed by atoms with van der Waals surface area (Å²) in [4.78, 5) is 6.44. The van der Waals surface area contributed by atoms with E-state index in [1.54, 1.807) is 7.11 Å². The highest BCUT2D eigenvalue weighted by molar-refractivity contribution is 7.87. The number of methoxy groups -OCH3 is 1. The van der Waals surface area contributed by atoms with Crippen molar-refractivity contribution in [2.24, 2.45) is 0 Å². The molecule has 2 atom stereocenters. The number of rotatable bonds is 8. The van der Waals surface area contributed by atoms with Crippen LogP contribution in [0.25, 0.3) is 0 Å². The van der Waals surface area contributed by atoms with E-state index < -0.39 is 10.2 Å². The van der Waals surface area contributed by atoms with Crippen LogP contribution in [0.4, 0.5) is 0 Å². The number of nitrogens with one attached hydrogen (secondary N) is 1. The fourth-order valence-electron chi connectivity index (χ4n) is 3.41. The van der Waals surface area contributed by atoms with Crippen LogP contribution in [0.5, 0.6) is 0 Å². The molecule has 1 aliphatic rings. The Morgan fingerprint density at radius 3 is 2.75 bits per heavy atom. The van der Waals surface area contributed by atoms with Crippen molar-refractivity contribution in [2.75, 3.05) is 34.3 Å². The highest BCUT2D eigenvalue weighted by atomic mass is 32.2. The van der Waals surface area contributed by atoms with Gasteiger partial charge in [-0.05, 0) is 18.5 Å². The minimum Gasteiger partial charge on any atom is -0.377 e. The van der Waals surface area contributed by atoms with Gasteiger partial charge in [-0.1, -0.05) is 35.5 Å². The molecule has 0 radical (unpaired) electrons. The summed E-state index contributed by atoms with van der Waals surface area (Å²) in [6.07, 6.45) is 0.823. The van der Waals surface area contributed by atoms with Gasteiger partial charge < -0.3 is 9.26 Å². The quantitative estimate of drug-likeness (QED) is 0.693. The van der Waals surface area contributed by atoms with Crippen LogP contribution in [0, 0.1) is 0 Å². The molecular weight excluding hydrogens is 382 g/mol. The van der Waals surface area contributed by atoms with Crippen molar-refractivity contribution in [2.45, 2.75) is 31.5 Å². The number of benzene rings is 1. The van der Waals surface area contributed by atoms with Gasteiger partial charge in [0.05, 0.1) is 6.54 Å². The third kappa shape index (κ3) is 5.15. The first-order chi connectivity index (χ1) is 13.4. The molecule has 3 rings (SSSR count). The maximum atomic E-state index is 12.5. The maximum absolute atomic E-state index is 12.5. The Labute approximate surface area is 165 Å². The summed E-state index contributed by atoms with van der Waals surface area (Å²) in [6.45, 7) is 2.12. The van der Waals surface area contributed by atoms with Crippen molar-refractivity contribution in [3.8, 4) is 0 Å². The Morgan fingerprint density at radius 2 is 2.07 bits per heavy atom. The summed E-state index contributed by atoms with van der Waals surface area (Å²) in [5.41, 5.74) is 1.13. The second-order valence-corrected chi connectivity index (χ2v) is 9.01. The van der Waals surface area contributed by atoms with Crippen molar-refractivity contribution < 1.29 is 17.7 Å². The summed E-state index contributed by atoms with van der Waals surface area (Å²) >= 11 is 0. The summed E-state index contributed by atoms with van der Waals surface area (Å²) in [5, 5.41) is 3.88. The largest absolute Gasteiger partial charge is 0.377 e. The molecule has 2 heterocycles. The zero-order chi connectivity index (χ0) is 20.1. The molecule has 0 unspecified atom stereocenters. The van der Waals surface area contributed by atoms with Crippen LogP contribution in [0.2, 0.25) is 0 Å². The second kappa shape index (κ2) is 9.10. The molecule has 1 aromatic heterocycles. The van der Waals surface area contributed by atoms with Crippen molar-refractivity contribution in [1.29, 1.82) is 0 Å². The normalized spacial score (nSPS) is 21.3. The van der Waals surface area contributed by atoms with E-state index >= 15 is 0 Å². The van der Waals surface area contributed by atoms with E-state index in [4.69, 9.17) is 9.26 Å². The number of hydrogen-bond donors (Lipinski definition) is 1. The lowest BCUT2D eigenvalue weighted by atomic mass is 9.86. The van der Waals surface area contributed by atoms with E-state index in [-0.39, 0.29) is 12.0 Å². The lowest BCUT2D eigenvalue weighted by Gasteiger charge is -2.38. The molecule has 2 aromatic rings. The van der Waals surface area contributed by atoms with Gasteiger partial charge in [0, 0.05) is 39.7 Å². The van der Waals surface area contributed by atoms with E-state index in [0.29, 0.717) is 31.4 Å². The minimum absolute atomic E-state index is 0.0962. The van der Waals surface area contributed by atoms with Gasteiger partial charge in [-0.3, -0.25) is 4.90 Å². The summed E-state index contributed by atoms with van der Waals surface area (Å²) in [7, 11) is 1.07. The van der Waals surface area contributed by atoms with E-state index in [0.717, 1.165) is 18.5 Å². The monoisotopic (exact) mass is 409 g/mol. The Balaban J connectivity index is 1.75. The topological polar surface area (TPSA) is 101 Å². The van der Waals surface area contributed by atoms with Gasteiger partial charge in [0.1, 0.15) is 6.61 Å². The average molecular weight is 410 g/mol. The molecule has 0 saturated carbocycles. The van der Waals surface area contributed by atoms with Gasteiger partial charge in [-0.15, -0.1) is 0 Å². The summed E-state index contributed by atoms with van der Waals surface area (Å²) in [5.74, 6) is 1.10. The minimum atomic E-state index is -3.55. The molecule has 28 heavy (non-hydrogen) atoms. The number of ether oxygens (including phenoxy) is 1. The Hall–Kier alpha value is -1.85. The Bertz CT molecular complexity index is 856. The molecule has 1 saturated heterocycles. The predicted molar refractivity (Wildman–Crippen MR) is 104 cm³/mol. The van der Waals surface area contributed by atoms with Crippen molar-refractivity contribution in [3.05, 3.63) is 47.6 Å². The van der Waals surface area contributed by atoms with Gasteiger partial charge in [0.2, 0.25) is 5.89 Å². The third-order valence-corrected chi connectivity index (χ3v) is 6.41. The molecule has 0 aliphatic carbocycles. The van der Waals surface area contributed by atoms with Crippen LogP contribution < -0.4 is 4.72 Å².